The molecule has 0 fully saturated rings. The number of nitrogens with two attached hydrogens (primary N) is 1. The summed E-state index contributed by atoms with van der Waals surface area (Å²) in [5.41, 5.74) is 6.52. The minimum atomic E-state index is -0.333. The van der Waals surface area contributed by atoms with Gasteiger partial charge in [-0.25, -0.2) is 0 Å². The van der Waals surface area contributed by atoms with Gasteiger partial charge in [0.2, 0.25) is 5.91 Å². The third-order valence-corrected chi connectivity index (χ3v) is 3.54. The molecular weight excluding hydrogens is 270 g/mol. The van der Waals surface area contributed by atoms with Crippen LogP contribution in [0.25, 0.3) is 0 Å². The first-order valence-corrected chi connectivity index (χ1v) is 6.85. The lowest BCUT2D eigenvalue weighted by atomic mass is 10.3. The lowest BCUT2D eigenvalue weighted by Crippen LogP contribution is -2.12. The van der Waals surface area contributed by atoms with Gasteiger partial charge in [-0.15, -0.1) is 10.2 Å². The Bertz CT molecular complexity index is 449. The van der Waals surface area contributed by atoms with Crippen LogP contribution >= 0.6 is 23.1 Å². The van der Waals surface area contributed by atoms with Crippen molar-refractivity contribution >= 4 is 29.0 Å². The number of rotatable bonds is 4. The highest BCUT2D eigenvalue weighted by molar-refractivity contribution is 8.01. The van der Waals surface area contributed by atoms with Gasteiger partial charge in [0.1, 0.15) is 11.3 Å². The Labute approximate surface area is 113 Å². The first-order chi connectivity index (χ1) is 8.72. The lowest BCUT2D eigenvalue weighted by molar-refractivity contribution is -0.115. The van der Waals surface area contributed by atoms with E-state index in [9.17, 15) is 4.79 Å². The molecule has 0 aliphatic rings. The van der Waals surface area contributed by atoms with Gasteiger partial charge in [0.05, 0.1) is 12.9 Å². The molecule has 1 amide bonds. The molecule has 0 aliphatic heterocycles. The second-order valence-corrected chi connectivity index (χ2v) is 5.03. The number of hydrogen-bond donors (Lipinski definition) is 1. The quantitative estimate of drug-likeness (QED) is 0.866. The molecule has 18 heavy (non-hydrogen) atoms. The predicted octanol–water partition coefficient (Wildman–Crippen LogP) is 1.81. The topological polar surface area (TPSA) is 78.1 Å². The molecule has 0 aliphatic carbocycles. The fraction of sp³-hybridized carbons (Fsp3) is 0.182. The van der Waals surface area contributed by atoms with E-state index in [4.69, 9.17) is 10.5 Å². The molecule has 96 valence electrons. The number of aromatic nitrogens is 2. The number of benzene rings is 1. The third-order valence-electron chi connectivity index (χ3n) is 1.66. The number of ether oxygens (including phenoxy) is 1. The van der Waals surface area contributed by atoms with Crippen molar-refractivity contribution in [2.45, 2.75) is 4.34 Å². The molecule has 0 saturated heterocycles. The number of para-hydroxylation sites is 1. The number of amides is 1. The maximum atomic E-state index is 10.3. The summed E-state index contributed by atoms with van der Waals surface area (Å²) in [6.07, 6.45) is 0. The zero-order valence-electron chi connectivity index (χ0n) is 9.78. The Morgan fingerprint density at radius 1 is 1.44 bits per heavy atom. The average molecular weight is 283 g/mol. The molecule has 1 heterocycles. The third kappa shape index (κ3) is 6.21. The molecule has 0 spiro atoms. The normalized spacial score (nSPS) is 9.17. The maximum absolute atomic E-state index is 10.3. The summed E-state index contributed by atoms with van der Waals surface area (Å²) < 4.78 is 5.69. The van der Waals surface area contributed by atoms with E-state index in [0.29, 0.717) is 0 Å². The van der Waals surface area contributed by atoms with Crippen molar-refractivity contribution in [3.05, 3.63) is 35.8 Å². The highest BCUT2D eigenvalue weighted by Gasteiger charge is 1.99. The van der Waals surface area contributed by atoms with Crippen molar-refractivity contribution in [3.8, 4) is 5.75 Å². The summed E-state index contributed by atoms with van der Waals surface area (Å²) in [7, 11) is 1.66. The Morgan fingerprint density at radius 2 is 2.17 bits per heavy atom. The molecule has 0 atom stereocenters. The maximum Gasteiger partial charge on any atom is 0.227 e. The average Bonchev–Trinajstić information content (AvgIpc) is 2.91. The molecule has 0 radical (unpaired) electrons. The van der Waals surface area contributed by atoms with Crippen molar-refractivity contribution in [1.29, 1.82) is 0 Å². The van der Waals surface area contributed by atoms with Crippen LogP contribution in [-0.4, -0.2) is 29.0 Å². The van der Waals surface area contributed by atoms with E-state index in [1.54, 1.807) is 12.6 Å². The number of carbonyl (C=O) groups is 1. The van der Waals surface area contributed by atoms with Gasteiger partial charge in [0.25, 0.3) is 0 Å². The van der Waals surface area contributed by atoms with Crippen LogP contribution in [0.2, 0.25) is 0 Å². The molecule has 0 unspecified atom stereocenters. The lowest BCUT2D eigenvalue weighted by Gasteiger charge is -1.93. The second kappa shape index (κ2) is 8.48. The van der Waals surface area contributed by atoms with E-state index in [0.717, 1.165) is 10.1 Å². The molecule has 5 nitrogen and oxygen atoms in total. The van der Waals surface area contributed by atoms with Gasteiger partial charge in [-0.3, -0.25) is 4.79 Å². The first kappa shape index (κ1) is 14.5. The first-order valence-electron chi connectivity index (χ1n) is 4.98. The number of nitrogens with zero attached hydrogens (tertiary/aromatic N) is 2. The Kier molecular flexibility index (Phi) is 6.82. The van der Waals surface area contributed by atoms with Crippen LogP contribution in [0.1, 0.15) is 0 Å². The summed E-state index contributed by atoms with van der Waals surface area (Å²) >= 11 is 2.70. The van der Waals surface area contributed by atoms with Crippen LogP contribution < -0.4 is 10.5 Å². The fourth-order valence-electron chi connectivity index (χ4n) is 0.915. The zero-order chi connectivity index (χ0) is 13.2. The standard InChI is InChI=1S/C7H8O.C4H5N3OS2/c1-8-7-5-3-2-4-6-7;5-3(8)1-9-4-7-6-2-10-4/h2-6H,1H3;2H,1H2,(H2,5,8). The minimum Gasteiger partial charge on any atom is -0.497 e. The summed E-state index contributed by atoms with van der Waals surface area (Å²) in [6.45, 7) is 0. The number of primary amides is 1. The van der Waals surface area contributed by atoms with Gasteiger partial charge < -0.3 is 10.5 Å². The SMILES string of the molecule is COc1ccccc1.NC(=O)CSc1nncs1. The molecule has 0 bridgehead atoms. The van der Waals surface area contributed by atoms with Crippen LogP contribution in [0, 0.1) is 0 Å². The van der Waals surface area contributed by atoms with Crippen molar-refractivity contribution < 1.29 is 9.53 Å². The van der Waals surface area contributed by atoms with Gasteiger partial charge in [-0.2, -0.15) is 0 Å². The van der Waals surface area contributed by atoms with Crippen LogP contribution in [0.5, 0.6) is 5.75 Å². The van der Waals surface area contributed by atoms with Crippen molar-refractivity contribution in [2.75, 3.05) is 12.9 Å². The highest BCUT2D eigenvalue weighted by Crippen LogP contribution is 2.17. The summed E-state index contributed by atoms with van der Waals surface area (Å²) in [5, 5.41) is 7.31. The smallest absolute Gasteiger partial charge is 0.227 e. The molecule has 2 N–H and O–H groups in total. The molecule has 0 saturated carbocycles. The molecule has 2 rings (SSSR count). The minimum absolute atomic E-state index is 0.273. The van der Waals surface area contributed by atoms with E-state index in [1.165, 1.54) is 23.1 Å². The monoisotopic (exact) mass is 283 g/mol. The van der Waals surface area contributed by atoms with Crippen LogP contribution in [0.4, 0.5) is 0 Å². The number of carbonyl (C=O) groups excluding carboxylic acids is 1. The van der Waals surface area contributed by atoms with Gasteiger partial charge in [0.15, 0.2) is 4.34 Å². The van der Waals surface area contributed by atoms with Crippen molar-refractivity contribution in [1.82, 2.24) is 10.2 Å². The van der Waals surface area contributed by atoms with Gasteiger partial charge in [-0.1, -0.05) is 41.3 Å². The van der Waals surface area contributed by atoms with E-state index in [1.807, 2.05) is 30.3 Å². The largest absolute Gasteiger partial charge is 0.497 e. The van der Waals surface area contributed by atoms with E-state index < -0.39 is 0 Å². The predicted molar refractivity (Wildman–Crippen MR) is 72.8 cm³/mol. The molecule has 2 aromatic rings. The molecule has 7 heteroatoms. The van der Waals surface area contributed by atoms with Gasteiger partial charge in [-0.05, 0) is 12.1 Å². The van der Waals surface area contributed by atoms with Crippen LogP contribution in [-0.2, 0) is 4.79 Å². The summed E-state index contributed by atoms with van der Waals surface area (Å²) in [6, 6.07) is 9.68. The second-order valence-electron chi connectivity index (χ2n) is 2.98. The van der Waals surface area contributed by atoms with Crippen molar-refractivity contribution in [3.63, 3.8) is 0 Å². The Hall–Kier alpha value is -1.60. The van der Waals surface area contributed by atoms with E-state index in [-0.39, 0.29) is 11.7 Å². The Balaban J connectivity index is 0.000000184. The van der Waals surface area contributed by atoms with Crippen LogP contribution in [0.3, 0.4) is 0 Å². The van der Waals surface area contributed by atoms with E-state index in [2.05, 4.69) is 10.2 Å². The highest BCUT2D eigenvalue weighted by atomic mass is 32.2. The van der Waals surface area contributed by atoms with Gasteiger partial charge >= 0.3 is 0 Å². The Morgan fingerprint density at radius 3 is 2.61 bits per heavy atom. The van der Waals surface area contributed by atoms with Crippen LogP contribution in [0.15, 0.2) is 40.2 Å². The number of hydrogen-bond acceptors (Lipinski definition) is 6. The summed E-state index contributed by atoms with van der Waals surface area (Å²) in [4.78, 5) is 10.3. The van der Waals surface area contributed by atoms with Gasteiger partial charge in [0, 0.05) is 0 Å². The molecular formula is C11H13N3O2S2. The zero-order valence-corrected chi connectivity index (χ0v) is 11.4. The fourth-order valence-corrected chi connectivity index (χ4v) is 2.14. The number of methoxy groups -OCH3 is 1. The summed E-state index contributed by atoms with van der Waals surface area (Å²) in [5.74, 6) is 0.850. The van der Waals surface area contributed by atoms with E-state index >= 15 is 0 Å². The molecule has 1 aromatic carbocycles. The number of thioether (sulfide) groups is 1. The molecule has 1 aromatic heterocycles. The van der Waals surface area contributed by atoms with Crippen molar-refractivity contribution in [2.24, 2.45) is 5.73 Å².